The molecule has 0 bridgehead atoms. The van der Waals surface area contributed by atoms with Gasteiger partial charge in [0.05, 0.1) is 0 Å². The zero-order chi connectivity index (χ0) is 8.72. The Hall–Kier alpha value is -0.340. The lowest BCUT2D eigenvalue weighted by Crippen LogP contribution is -2.26. The van der Waals surface area contributed by atoms with Crippen LogP contribution in [0.25, 0.3) is 0 Å². The van der Waals surface area contributed by atoms with Gasteiger partial charge in [-0.2, -0.15) is 0 Å². The molecule has 3 unspecified atom stereocenters. The molecule has 0 amide bonds. The lowest BCUT2D eigenvalue weighted by atomic mass is 9.92. The topological polar surface area (TPSA) is 26.0 Å². The van der Waals surface area contributed by atoms with E-state index in [1.165, 1.54) is 16.9 Å². The summed E-state index contributed by atoms with van der Waals surface area (Å²) in [5, 5.41) is 2.19. The number of nitrogens with two attached hydrogens (primary N) is 1. The second-order valence-corrected chi connectivity index (χ2v) is 4.82. The molecule has 0 saturated heterocycles. The van der Waals surface area contributed by atoms with Crippen LogP contribution in [-0.2, 0) is 6.42 Å². The second kappa shape index (κ2) is 2.86. The summed E-state index contributed by atoms with van der Waals surface area (Å²) in [6, 6.07) is 2.55. The number of rotatable bonds is 1. The van der Waals surface area contributed by atoms with Gasteiger partial charge in [0, 0.05) is 16.8 Å². The first-order valence-electron chi connectivity index (χ1n) is 4.52. The van der Waals surface area contributed by atoms with Crippen LogP contribution >= 0.6 is 11.3 Å². The molecule has 66 valence electrons. The van der Waals surface area contributed by atoms with Crippen LogP contribution in [0.2, 0.25) is 0 Å². The van der Waals surface area contributed by atoms with E-state index in [0.29, 0.717) is 12.0 Å². The SMILES string of the molecule is CC(N)C1c2sccc2CC1C. The van der Waals surface area contributed by atoms with Crippen molar-refractivity contribution in [2.45, 2.75) is 32.2 Å². The van der Waals surface area contributed by atoms with Gasteiger partial charge in [0.1, 0.15) is 0 Å². The standard InChI is InChI=1S/C10H15NS/c1-6-5-8-3-4-12-10(8)9(6)7(2)11/h3-4,6-7,9H,5,11H2,1-2H3. The fraction of sp³-hybridized carbons (Fsp3) is 0.600. The van der Waals surface area contributed by atoms with E-state index in [1.807, 2.05) is 11.3 Å². The highest BCUT2D eigenvalue weighted by atomic mass is 32.1. The fourth-order valence-corrected chi connectivity index (χ4v) is 3.58. The van der Waals surface area contributed by atoms with Gasteiger partial charge in [0.25, 0.3) is 0 Å². The van der Waals surface area contributed by atoms with Crippen molar-refractivity contribution in [1.29, 1.82) is 0 Å². The Balaban J connectivity index is 2.35. The van der Waals surface area contributed by atoms with Crippen molar-refractivity contribution in [1.82, 2.24) is 0 Å². The second-order valence-electron chi connectivity index (χ2n) is 3.88. The van der Waals surface area contributed by atoms with E-state index in [9.17, 15) is 0 Å². The molecule has 0 radical (unpaired) electrons. The molecule has 0 fully saturated rings. The zero-order valence-electron chi connectivity index (χ0n) is 7.58. The van der Waals surface area contributed by atoms with Crippen molar-refractivity contribution >= 4 is 11.3 Å². The van der Waals surface area contributed by atoms with Crippen molar-refractivity contribution in [2.75, 3.05) is 0 Å². The summed E-state index contributed by atoms with van der Waals surface area (Å²) in [6.45, 7) is 4.43. The van der Waals surface area contributed by atoms with Gasteiger partial charge in [-0.15, -0.1) is 11.3 Å². The van der Waals surface area contributed by atoms with Gasteiger partial charge < -0.3 is 5.73 Å². The number of thiophene rings is 1. The maximum atomic E-state index is 5.97. The molecule has 0 aliphatic heterocycles. The van der Waals surface area contributed by atoms with Crippen molar-refractivity contribution in [3.63, 3.8) is 0 Å². The quantitative estimate of drug-likeness (QED) is 0.707. The molecule has 2 rings (SSSR count). The minimum Gasteiger partial charge on any atom is -0.327 e. The van der Waals surface area contributed by atoms with E-state index in [0.717, 1.165) is 5.92 Å². The van der Waals surface area contributed by atoms with Crippen molar-refractivity contribution in [3.8, 4) is 0 Å². The van der Waals surface area contributed by atoms with Gasteiger partial charge in [0.15, 0.2) is 0 Å². The number of fused-ring (bicyclic) bond motifs is 1. The minimum atomic E-state index is 0.305. The van der Waals surface area contributed by atoms with E-state index < -0.39 is 0 Å². The van der Waals surface area contributed by atoms with Crippen LogP contribution in [0.1, 0.15) is 30.2 Å². The number of hydrogen-bond acceptors (Lipinski definition) is 2. The van der Waals surface area contributed by atoms with Gasteiger partial charge in [0.2, 0.25) is 0 Å². The molecule has 1 aliphatic rings. The first-order valence-corrected chi connectivity index (χ1v) is 5.40. The Labute approximate surface area is 77.6 Å². The zero-order valence-corrected chi connectivity index (χ0v) is 8.40. The molecule has 1 aromatic rings. The largest absolute Gasteiger partial charge is 0.327 e. The third-order valence-corrected chi connectivity index (χ3v) is 3.87. The van der Waals surface area contributed by atoms with Gasteiger partial charge >= 0.3 is 0 Å². The summed E-state index contributed by atoms with van der Waals surface area (Å²) in [5.74, 6) is 1.35. The van der Waals surface area contributed by atoms with Crippen LogP contribution < -0.4 is 5.73 Å². The lowest BCUT2D eigenvalue weighted by Gasteiger charge is -2.19. The summed E-state index contributed by atoms with van der Waals surface area (Å²) in [4.78, 5) is 1.54. The summed E-state index contributed by atoms with van der Waals surface area (Å²) < 4.78 is 0. The molecular formula is C10H15NS. The maximum Gasteiger partial charge on any atom is 0.0126 e. The van der Waals surface area contributed by atoms with E-state index in [4.69, 9.17) is 5.73 Å². The van der Waals surface area contributed by atoms with Crippen molar-refractivity contribution in [2.24, 2.45) is 11.7 Å². The monoisotopic (exact) mass is 181 g/mol. The summed E-state index contributed by atoms with van der Waals surface area (Å²) in [5.41, 5.74) is 7.51. The van der Waals surface area contributed by atoms with Gasteiger partial charge in [-0.3, -0.25) is 0 Å². The van der Waals surface area contributed by atoms with Gasteiger partial charge in [-0.1, -0.05) is 6.92 Å². The molecule has 0 spiro atoms. The molecule has 2 N–H and O–H groups in total. The van der Waals surface area contributed by atoms with Crippen LogP contribution in [-0.4, -0.2) is 6.04 Å². The van der Waals surface area contributed by atoms with E-state index in [2.05, 4.69) is 25.3 Å². The average Bonchev–Trinajstić information content (AvgIpc) is 2.44. The van der Waals surface area contributed by atoms with E-state index in [-0.39, 0.29) is 0 Å². The molecule has 1 aliphatic carbocycles. The third kappa shape index (κ3) is 1.10. The Morgan fingerprint density at radius 1 is 1.67 bits per heavy atom. The summed E-state index contributed by atoms with van der Waals surface area (Å²) >= 11 is 1.87. The molecule has 0 saturated carbocycles. The maximum absolute atomic E-state index is 5.97. The molecule has 2 heteroatoms. The number of hydrogen-bond donors (Lipinski definition) is 1. The Kier molecular flexibility index (Phi) is 1.97. The van der Waals surface area contributed by atoms with E-state index >= 15 is 0 Å². The molecule has 1 heterocycles. The first kappa shape index (κ1) is 8.27. The van der Waals surface area contributed by atoms with Crippen molar-refractivity contribution in [3.05, 3.63) is 21.9 Å². The Bertz CT molecular complexity index is 277. The summed E-state index contributed by atoms with van der Waals surface area (Å²) in [6.07, 6.45) is 1.23. The molecule has 1 nitrogen and oxygen atoms in total. The van der Waals surface area contributed by atoms with Crippen LogP contribution in [0.3, 0.4) is 0 Å². The predicted molar refractivity (Wildman–Crippen MR) is 53.6 cm³/mol. The normalized spacial score (nSPS) is 30.2. The Morgan fingerprint density at radius 3 is 3.08 bits per heavy atom. The highest BCUT2D eigenvalue weighted by Gasteiger charge is 2.32. The van der Waals surface area contributed by atoms with Gasteiger partial charge in [-0.25, -0.2) is 0 Å². The van der Waals surface area contributed by atoms with Crippen LogP contribution in [0.15, 0.2) is 11.4 Å². The highest BCUT2D eigenvalue weighted by Crippen LogP contribution is 2.42. The molecule has 3 atom stereocenters. The van der Waals surface area contributed by atoms with Crippen LogP contribution in [0, 0.1) is 5.92 Å². The Morgan fingerprint density at radius 2 is 2.42 bits per heavy atom. The van der Waals surface area contributed by atoms with Crippen molar-refractivity contribution < 1.29 is 0 Å². The third-order valence-electron chi connectivity index (χ3n) is 2.80. The summed E-state index contributed by atoms with van der Waals surface area (Å²) in [7, 11) is 0. The molecule has 12 heavy (non-hydrogen) atoms. The molecule has 1 aromatic heterocycles. The molecular weight excluding hydrogens is 166 g/mol. The predicted octanol–water partition coefficient (Wildman–Crippen LogP) is 2.37. The van der Waals surface area contributed by atoms with Crippen LogP contribution in [0.4, 0.5) is 0 Å². The fourth-order valence-electron chi connectivity index (χ4n) is 2.30. The van der Waals surface area contributed by atoms with Gasteiger partial charge in [-0.05, 0) is 36.3 Å². The average molecular weight is 181 g/mol. The van der Waals surface area contributed by atoms with E-state index in [1.54, 1.807) is 0 Å². The van der Waals surface area contributed by atoms with Crippen LogP contribution in [0.5, 0.6) is 0 Å². The smallest absolute Gasteiger partial charge is 0.0126 e. The molecule has 0 aromatic carbocycles. The first-order chi connectivity index (χ1) is 5.70. The minimum absolute atomic E-state index is 0.305. The highest BCUT2D eigenvalue weighted by molar-refractivity contribution is 7.10. The lowest BCUT2D eigenvalue weighted by molar-refractivity contribution is 0.443.